The fourth-order valence-electron chi connectivity index (χ4n) is 2.56. The van der Waals surface area contributed by atoms with Gasteiger partial charge in [-0.1, -0.05) is 6.92 Å². The van der Waals surface area contributed by atoms with Crippen LogP contribution in [-0.2, 0) is 10.0 Å². The minimum atomic E-state index is -4.53. The summed E-state index contributed by atoms with van der Waals surface area (Å²) < 4.78 is 33.9. The molecular formula is C15H18N4O7S2. The van der Waals surface area contributed by atoms with Crippen molar-refractivity contribution >= 4 is 33.4 Å². The molecule has 2 aromatic rings. The molecule has 2 heterocycles. The van der Waals surface area contributed by atoms with Gasteiger partial charge in [0.15, 0.2) is 0 Å². The minimum absolute atomic E-state index is 0.0557. The zero-order valence-electron chi connectivity index (χ0n) is 15.0. The molecule has 0 atom stereocenters. The predicted octanol–water partition coefficient (Wildman–Crippen LogP) is 1.18. The number of amides is 1. The molecular weight excluding hydrogens is 412 g/mol. The monoisotopic (exact) mass is 430 g/mol. The summed E-state index contributed by atoms with van der Waals surface area (Å²) in [7, 11) is -4.53. The van der Waals surface area contributed by atoms with Gasteiger partial charge in [0, 0.05) is 16.3 Å². The van der Waals surface area contributed by atoms with Gasteiger partial charge in [-0.2, -0.15) is 0 Å². The van der Waals surface area contributed by atoms with Crippen molar-refractivity contribution in [3.8, 4) is 6.01 Å². The number of rotatable bonds is 7. The highest BCUT2D eigenvalue weighted by Gasteiger charge is 2.34. The van der Waals surface area contributed by atoms with Crippen LogP contribution in [0.3, 0.4) is 0 Å². The Morgan fingerprint density at radius 2 is 2.11 bits per heavy atom. The first-order chi connectivity index (χ1) is 13.2. The number of sulfonamides is 1. The third-order valence-corrected chi connectivity index (χ3v) is 6.50. The van der Waals surface area contributed by atoms with Gasteiger partial charge in [-0.15, -0.1) is 21.1 Å². The third kappa shape index (κ3) is 3.67. The Hall–Kier alpha value is -2.67. The quantitative estimate of drug-likeness (QED) is 0.665. The number of nitrogens with one attached hydrogen (secondary N) is 1. The van der Waals surface area contributed by atoms with E-state index in [0.29, 0.717) is 11.1 Å². The SMILES string of the molecule is CCCOc1nn(C(=O)NS(=O)(=O)c2c(C(=O)O)csc2C)c(=O)n1C1CC1. The molecule has 0 spiro atoms. The lowest BCUT2D eigenvalue weighted by molar-refractivity contribution is 0.0693. The van der Waals surface area contributed by atoms with Gasteiger partial charge in [-0.05, 0) is 26.2 Å². The second-order valence-corrected chi connectivity index (χ2v) is 8.88. The molecule has 3 rings (SSSR count). The van der Waals surface area contributed by atoms with Crippen LogP contribution in [0.1, 0.15) is 47.5 Å². The molecule has 0 aromatic carbocycles. The van der Waals surface area contributed by atoms with Gasteiger partial charge < -0.3 is 9.84 Å². The molecule has 1 fully saturated rings. The van der Waals surface area contributed by atoms with E-state index in [-0.39, 0.29) is 23.5 Å². The Morgan fingerprint density at radius 1 is 1.43 bits per heavy atom. The average Bonchev–Trinajstić information content (AvgIpc) is 3.27. The fourth-order valence-corrected chi connectivity index (χ4v) is 5.08. The van der Waals surface area contributed by atoms with Gasteiger partial charge in [0.1, 0.15) is 4.90 Å². The first-order valence-corrected chi connectivity index (χ1v) is 10.8. The molecule has 0 saturated heterocycles. The average molecular weight is 430 g/mol. The number of carboxylic acids is 1. The normalized spacial score (nSPS) is 14.1. The Labute approximate surface area is 163 Å². The molecule has 13 heteroatoms. The summed E-state index contributed by atoms with van der Waals surface area (Å²) in [6.07, 6.45) is 2.11. The zero-order valence-corrected chi connectivity index (χ0v) is 16.7. The van der Waals surface area contributed by atoms with E-state index in [1.807, 2.05) is 6.92 Å². The van der Waals surface area contributed by atoms with Crippen LogP contribution in [0.4, 0.5) is 4.79 Å². The molecule has 1 aliphatic rings. The Morgan fingerprint density at radius 3 is 2.68 bits per heavy atom. The van der Waals surface area contributed by atoms with Crippen molar-refractivity contribution in [2.45, 2.75) is 44.0 Å². The maximum Gasteiger partial charge on any atom is 0.360 e. The lowest BCUT2D eigenvalue weighted by atomic mass is 10.3. The van der Waals surface area contributed by atoms with Crippen LogP contribution in [0.2, 0.25) is 0 Å². The third-order valence-electron chi connectivity index (χ3n) is 3.96. The standard InChI is InChI=1S/C15H18N4O7S2/c1-3-6-26-14-16-19(15(23)18(14)9-4-5-9)13(22)17-28(24,25)11-8(2)27-7-10(11)12(20)21/h7,9H,3-6H2,1-2H3,(H,17,22)(H,20,21). The topological polar surface area (TPSA) is 150 Å². The maximum absolute atomic E-state index is 12.6. The molecule has 0 bridgehead atoms. The summed E-state index contributed by atoms with van der Waals surface area (Å²) in [4.78, 5) is 35.9. The number of aryl methyl sites for hydroxylation is 1. The van der Waals surface area contributed by atoms with Crippen molar-refractivity contribution in [3.63, 3.8) is 0 Å². The highest BCUT2D eigenvalue weighted by Crippen LogP contribution is 2.36. The molecule has 0 unspecified atom stereocenters. The summed E-state index contributed by atoms with van der Waals surface area (Å²) in [6, 6.07) is -1.51. The molecule has 1 saturated carbocycles. The molecule has 28 heavy (non-hydrogen) atoms. The fraction of sp³-hybridized carbons (Fsp3) is 0.467. The highest BCUT2D eigenvalue weighted by molar-refractivity contribution is 7.90. The largest absolute Gasteiger partial charge is 0.478 e. The van der Waals surface area contributed by atoms with E-state index < -0.39 is 38.2 Å². The first-order valence-electron chi connectivity index (χ1n) is 8.40. The Bertz CT molecular complexity index is 1090. The van der Waals surface area contributed by atoms with Gasteiger partial charge in [-0.3, -0.25) is 0 Å². The summed E-state index contributed by atoms with van der Waals surface area (Å²) in [5.41, 5.74) is -1.27. The number of hydrogen-bond donors (Lipinski definition) is 2. The van der Waals surface area contributed by atoms with Gasteiger partial charge in [0.25, 0.3) is 10.0 Å². The number of nitrogens with zero attached hydrogens (tertiary/aromatic N) is 3. The number of aromatic nitrogens is 3. The van der Waals surface area contributed by atoms with Gasteiger partial charge in [-0.25, -0.2) is 32.1 Å². The van der Waals surface area contributed by atoms with Crippen LogP contribution in [0, 0.1) is 6.92 Å². The molecule has 0 radical (unpaired) electrons. The number of carboxylic acid groups (broad SMARTS) is 1. The van der Waals surface area contributed by atoms with Crippen LogP contribution in [-0.4, -0.2) is 46.5 Å². The molecule has 11 nitrogen and oxygen atoms in total. The highest BCUT2D eigenvalue weighted by atomic mass is 32.2. The van der Waals surface area contributed by atoms with Crippen molar-refractivity contribution in [2.75, 3.05) is 6.61 Å². The van der Waals surface area contributed by atoms with E-state index in [4.69, 9.17) is 9.84 Å². The van der Waals surface area contributed by atoms with Crippen LogP contribution in [0.15, 0.2) is 15.1 Å². The smallest absolute Gasteiger partial charge is 0.360 e. The van der Waals surface area contributed by atoms with Crippen LogP contribution in [0.25, 0.3) is 0 Å². The number of aromatic carboxylic acids is 1. The summed E-state index contributed by atoms with van der Waals surface area (Å²) in [6.45, 7) is 3.55. The predicted molar refractivity (Wildman–Crippen MR) is 97.7 cm³/mol. The molecule has 152 valence electrons. The van der Waals surface area contributed by atoms with E-state index in [1.54, 1.807) is 4.72 Å². The van der Waals surface area contributed by atoms with E-state index in [2.05, 4.69) is 5.10 Å². The minimum Gasteiger partial charge on any atom is -0.478 e. The summed E-state index contributed by atoms with van der Waals surface area (Å²) >= 11 is 0.921. The van der Waals surface area contributed by atoms with Crippen molar-refractivity contribution < 1.29 is 27.9 Å². The van der Waals surface area contributed by atoms with E-state index in [1.165, 1.54) is 16.9 Å². The molecule has 1 amide bonds. The van der Waals surface area contributed by atoms with Crippen molar-refractivity contribution in [3.05, 3.63) is 26.3 Å². The van der Waals surface area contributed by atoms with Crippen LogP contribution >= 0.6 is 11.3 Å². The zero-order chi connectivity index (χ0) is 20.6. The van der Waals surface area contributed by atoms with E-state index >= 15 is 0 Å². The van der Waals surface area contributed by atoms with Crippen molar-refractivity contribution in [1.82, 2.24) is 19.1 Å². The molecule has 2 N–H and O–H groups in total. The summed E-state index contributed by atoms with van der Waals surface area (Å²) in [5, 5.41) is 14.1. The van der Waals surface area contributed by atoms with E-state index in [9.17, 15) is 22.8 Å². The number of thiophene rings is 1. The second kappa shape index (κ2) is 7.39. The number of hydrogen-bond acceptors (Lipinski definition) is 8. The van der Waals surface area contributed by atoms with Crippen LogP contribution < -0.4 is 15.1 Å². The molecule has 0 aliphatic heterocycles. The maximum atomic E-state index is 12.6. The van der Waals surface area contributed by atoms with E-state index in [0.717, 1.165) is 24.2 Å². The second-order valence-electron chi connectivity index (χ2n) is 6.18. The lowest BCUT2D eigenvalue weighted by Crippen LogP contribution is -2.41. The first kappa shape index (κ1) is 20.1. The van der Waals surface area contributed by atoms with Gasteiger partial charge in [0.05, 0.1) is 12.2 Å². The van der Waals surface area contributed by atoms with Crippen molar-refractivity contribution in [2.24, 2.45) is 0 Å². The van der Waals surface area contributed by atoms with Crippen molar-refractivity contribution in [1.29, 1.82) is 0 Å². The van der Waals surface area contributed by atoms with Gasteiger partial charge in [0.2, 0.25) is 0 Å². The Balaban J connectivity index is 1.94. The summed E-state index contributed by atoms with van der Waals surface area (Å²) in [5.74, 6) is -1.44. The lowest BCUT2D eigenvalue weighted by Gasteiger charge is -2.07. The number of carbonyl (C=O) groups excluding carboxylic acids is 1. The number of carbonyl (C=O) groups is 2. The molecule has 2 aromatic heterocycles. The number of ether oxygens (including phenoxy) is 1. The van der Waals surface area contributed by atoms with Crippen LogP contribution in [0.5, 0.6) is 6.01 Å². The van der Waals surface area contributed by atoms with Gasteiger partial charge >= 0.3 is 23.7 Å². The molecule has 1 aliphatic carbocycles. The Kier molecular flexibility index (Phi) is 5.30.